The fourth-order valence-electron chi connectivity index (χ4n) is 0. The van der Waals surface area contributed by atoms with Crippen LogP contribution in [0.15, 0.2) is 0 Å². The zero-order valence-corrected chi connectivity index (χ0v) is 13.2. The normalized spacial score (nSPS) is 0. The molecule has 0 saturated heterocycles. The second-order valence-corrected chi connectivity index (χ2v) is 0. The molecular formula is H4BiCaCuLaOSrY. The van der Waals surface area contributed by atoms with Crippen LogP contribution < -0.4 is 0 Å². The second-order valence-electron chi connectivity index (χ2n) is 0. The molecule has 0 aliphatic carbocycles. The van der Waals surface area contributed by atoms with E-state index in [1.165, 1.54) is 0 Å². The van der Waals surface area contributed by atoms with Crippen LogP contribution in [0.25, 0.3) is 0 Å². The van der Waals surface area contributed by atoms with Crippen LogP contribution in [0.3, 0.4) is 0 Å². The monoisotopic (exact) mass is 648 g/mol. The van der Waals surface area contributed by atoms with Crippen LogP contribution in [0.4, 0.5) is 0 Å². The van der Waals surface area contributed by atoms with E-state index in [9.17, 15) is 0 Å². The van der Waals surface area contributed by atoms with Gasteiger partial charge in [0.15, 0.2) is 0 Å². The summed E-state index contributed by atoms with van der Waals surface area (Å²) in [5.74, 6) is 0. The fourth-order valence-corrected chi connectivity index (χ4v) is 0. The Bertz CT molecular complexity index is 19.7. The molecule has 0 bridgehead atoms. The van der Waals surface area contributed by atoms with Crippen molar-refractivity contribution in [2.24, 2.45) is 0 Å². The van der Waals surface area contributed by atoms with Gasteiger partial charge in [-0.25, -0.2) is 0 Å². The summed E-state index contributed by atoms with van der Waals surface area (Å²) in [5, 5.41) is 0. The molecule has 7 heteroatoms. The Morgan fingerprint density at radius 3 is 1.00 bits per heavy atom. The Morgan fingerprint density at radius 2 is 1.00 bits per heavy atom. The topological polar surface area (TPSA) is 28.5 Å². The molecular weight excluding hydrogens is 644 g/mol. The summed E-state index contributed by atoms with van der Waals surface area (Å²) in [6.07, 6.45) is 0. The van der Waals surface area contributed by atoms with Gasteiger partial charge in [-0.05, 0) is 0 Å². The van der Waals surface area contributed by atoms with Gasteiger partial charge in [0.25, 0.3) is 0 Å². The quantitative estimate of drug-likeness (QED) is 0.264. The van der Waals surface area contributed by atoms with Gasteiger partial charge in [0.05, 0.1) is 0 Å². The van der Waals surface area contributed by atoms with E-state index in [0.29, 0.717) is 0 Å². The predicted molar refractivity (Wildman–Crippen MR) is 23.5 cm³/mol. The van der Waals surface area contributed by atoms with E-state index in [4.69, 9.17) is 0 Å². The second kappa shape index (κ2) is 39.3. The van der Waals surface area contributed by atoms with Gasteiger partial charge in [0.2, 0.25) is 0 Å². The first-order valence-electron chi connectivity index (χ1n) is 0. The Balaban J connectivity index is 0. The molecule has 0 aliphatic rings. The van der Waals surface area contributed by atoms with E-state index in [1.54, 1.807) is 0 Å². The Morgan fingerprint density at radius 1 is 1.00 bits per heavy atom. The van der Waals surface area contributed by atoms with Gasteiger partial charge in [-0.3, -0.25) is 0 Å². The molecule has 0 aromatic heterocycles. The first-order valence-corrected chi connectivity index (χ1v) is 0. The minimum Gasteiger partial charge on any atom is 0 e. The molecule has 0 aliphatic heterocycles. The van der Waals surface area contributed by atoms with Gasteiger partial charge in [0.1, 0.15) is 0 Å². The van der Waals surface area contributed by atoms with Crippen LogP contribution in [-0.4, -0.2) is 109 Å². The molecule has 0 N–H and O–H groups in total. The number of hydrogen-bond donors (Lipinski definition) is 0. The molecule has 0 saturated carbocycles. The van der Waals surface area contributed by atoms with E-state index >= 15 is 0 Å². The molecule has 0 spiro atoms. The summed E-state index contributed by atoms with van der Waals surface area (Å²) in [4.78, 5) is 0. The maximum Gasteiger partial charge on any atom is 0 e. The minimum absolute atomic E-state index is 0. The van der Waals surface area contributed by atoms with Gasteiger partial charge in [-0.15, -0.1) is 0 Å². The smallest absolute Gasteiger partial charge is 0 e. The average molecular weight is 648 g/mol. The summed E-state index contributed by atoms with van der Waals surface area (Å²) < 4.78 is 0. The van der Waals surface area contributed by atoms with Crippen molar-refractivity contribution >= 4 is 109 Å². The van der Waals surface area contributed by atoms with E-state index in [0.717, 1.165) is 0 Å². The Labute approximate surface area is 194 Å². The van der Waals surface area contributed by atoms with Crippen molar-refractivity contribution in [3.63, 3.8) is 0 Å². The first-order chi connectivity index (χ1) is 0. The third-order valence-corrected chi connectivity index (χ3v) is 0. The van der Waals surface area contributed by atoms with Crippen LogP contribution >= 0.6 is 0 Å². The molecule has 0 heterocycles. The van der Waals surface area contributed by atoms with Crippen molar-refractivity contribution < 1.29 is 90.9 Å². The van der Waals surface area contributed by atoms with Crippen molar-refractivity contribution in [2.75, 3.05) is 0 Å². The summed E-state index contributed by atoms with van der Waals surface area (Å²) in [6.45, 7) is 0. The number of rotatable bonds is 0. The molecule has 7 heavy (non-hydrogen) atoms. The Kier molecular flexibility index (Phi) is 283. The summed E-state index contributed by atoms with van der Waals surface area (Å²) >= 11 is 0. The molecule has 0 aromatic carbocycles. The SMILES string of the molecule is [Bi].[CaH2].[Cu].[La].[O].[SrH2].[Y]. The predicted octanol–water partition coefficient (Wildman–Crippen LogP) is -2.34. The standard InChI is InChI=1S/Bi.Ca.Cu.La.O.Sr.Y.4H. The van der Waals surface area contributed by atoms with Crippen LogP contribution in [0.5, 0.6) is 0 Å². The molecule has 0 rings (SSSR count). The molecule has 0 unspecified atom stereocenters. The summed E-state index contributed by atoms with van der Waals surface area (Å²) in [6, 6.07) is 0. The van der Waals surface area contributed by atoms with Crippen molar-refractivity contribution in [1.29, 1.82) is 0 Å². The first kappa shape index (κ1) is 50.3. The molecule has 0 aromatic rings. The maximum absolute atomic E-state index is 0. The average Bonchev–Trinajstić information content (AvgIpc) is 0. The summed E-state index contributed by atoms with van der Waals surface area (Å²) in [7, 11) is 0. The third kappa shape index (κ3) is 32.7. The molecule has 1 nitrogen and oxygen atoms in total. The number of hydrogen-bond acceptors (Lipinski definition) is 0. The van der Waals surface area contributed by atoms with Crippen molar-refractivity contribution in [3.8, 4) is 0 Å². The van der Waals surface area contributed by atoms with E-state index in [1.807, 2.05) is 0 Å². The zero-order chi connectivity index (χ0) is 0. The van der Waals surface area contributed by atoms with Gasteiger partial charge in [-0.2, -0.15) is 0 Å². The van der Waals surface area contributed by atoms with E-state index < -0.39 is 0 Å². The van der Waals surface area contributed by atoms with Gasteiger partial charge < -0.3 is 0 Å². The van der Waals surface area contributed by atoms with Gasteiger partial charge in [0, 0.05) is 117 Å². The van der Waals surface area contributed by atoms with Crippen LogP contribution in [0.1, 0.15) is 0 Å². The maximum atomic E-state index is 0. The summed E-state index contributed by atoms with van der Waals surface area (Å²) in [5.41, 5.74) is 0. The van der Waals surface area contributed by atoms with Crippen LogP contribution in [0.2, 0.25) is 0 Å². The molecule has 0 amide bonds. The molecule has 8 radical (unpaired) electrons. The van der Waals surface area contributed by atoms with Crippen molar-refractivity contribution in [1.82, 2.24) is 0 Å². The Hall–Kier alpha value is 6.40. The molecule has 36 valence electrons. The van der Waals surface area contributed by atoms with Crippen molar-refractivity contribution in [2.45, 2.75) is 0 Å². The van der Waals surface area contributed by atoms with Gasteiger partial charge in [-0.1, -0.05) is 0 Å². The van der Waals surface area contributed by atoms with Gasteiger partial charge >= 0.3 is 83.2 Å². The third-order valence-electron chi connectivity index (χ3n) is 0. The minimum atomic E-state index is 0. The molecule has 0 atom stereocenters. The van der Waals surface area contributed by atoms with E-state index in [-0.39, 0.29) is 200 Å². The fraction of sp³-hybridized carbons (Fsp3) is 0. The zero-order valence-electron chi connectivity index (χ0n) is 2.31. The van der Waals surface area contributed by atoms with Crippen LogP contribution in [-0.2, 0) is 55.3 Å². The van der Waals surface area contributed by atoms with Crippen molar-refractivity contribution in [3.05, 3.63) is 0 Å². The largest absolute Gasteiger partial charge is 0 e. The molecule has 0 fully saturated rings. The van der Waals surface area contributed by atoms with Crippen LogP contribution in [0, 0.1) is 35.6 Å². The van der Waals surface area contributed by atoms with E-state index in [2.05, 4.69) is 0 Å².